The van der Waals surface area contributed by atoms with Gasteiger partial charge in [-0.25, -0.2) is 0 Å². The first kappa shape index (κ1) is 4.77. The van der Waals surface area contributed by atoms with Gasteiger partial charge >= 0.3 is 0 Å². The molecule has 2 rings (SSSR count). The van der Waals surface area contributed by atoms with Crippen LogP contribution in [0.3, 0.4) is 0 Å². The van der Waals surface area contributed by atoms with Crippen molar-refractivity contribution in [2.75, 3.05) is 13.6 Å². The van der Waals surface area contributed by atoms with Crippen molar-refractivity contribution in [3.05, 3.63) is 0 Å². The van der Waals surface area contributed by atoms with E-state index in [1.54, 1.807) is 0 Å². The Morgan fingerprint density at radius 1 is 1.62 bits per heavy atom. The molecule has 0 spiro atoms. The van der Waals surface area contributed by atoms with Gasteiger partial charge in [0.2, 0.25) is 0 Å². The smallest absolute Gasteiger partial charge is 0.0601 e. The highest BCUT2D eigenvalue weighted by Crippen LogP contribution is 2.43. The summed E-state index contributed by atoms with van der Waals surface area (Å²) in [5.74, 6) is 1.99. The second-order valence-corrected chi connectivity index (χ2v) is 2.83. The van der Waals surface area contributed by atoms with Crippen LogP contribution >= 0.6 is 0 Å². The Morgan fingerprint density at radius 3 is 2.75 bits per heavy atom. The van der Waals surface area contributed by atoms with Crippen molar-refractivity contribution in [2.45, 2.75) is 12.6 Å². The fourth-order valence-electron chi connectivity index (χ4n) is 1.66. The van der Waals surface area contributed by atoms with Crippen LogP contribution in [0.2, 0.25) is 0 Å². The highest BCUT2D eigenvalue weighted by Gasteiger charge is 2.47. The molecule has 2 aliphatic rings. The summed E-state index contributed by atoms with van der Waals surface area (Å²) in [5, 5.41) is 6.64. The largest absolute Gasteiger partial charge is 0.305 e. The first-order valence-corrected chi connectivity index (χ1v) is 3.32. The first-order chi connectivity index (χ1) is 3.92. The van der Waals surface area contributed by atoms with Crippen molar-refractivity contribution in [3.63, 3.8) is 0 Å². The molecule has 1 saturated heterocycles. The highest BCUT2D eigenvalue weighted by molar-refractivity contribution is 5.00. The molecule has 1 heterocycles. The maximum Gasteiger partial charge on any atom is 0.0601 e. The van der Waals surface area contributed by atoms with Gasteiger partial charge in [0.1, 0.15) is 0 Å². The zero-order valence-corrected chi connectivity index (χ0v) is 5.15. The van der Waals surface area contributed by atoms with Crippen molar-refractivity contribution < 1.29 is 0 Å². The van der Waals surface area contributed by atoms with E-state index >= 15 is 0 Å². The zero-order chi connectivity index (χ0) is 5.56. The molecule has 0 aromatic heterocycles. The number of nitrogens with one attached hydrogen (secondary N) is 2. The van der Waals surface area contributed by atoms with Crippen LogP contribution in [0.5, 0.6) is 0 Å². The molecular formula is C6H12N2. The summed E-state index contributed by atoms with van der Waals surface area (Å²) in [6.07, 6.45) is 2.10. The van der Waals surface area contributed by atoms with Gasteiger partial charge in [-0.1, -0.05) is 0 Å². The predicted molar refractivity (Wildman–Crippen MR) is 32.4 cm³/mol. The van der Waals surface area contributed by atoms with E-state index in [1.165, 1.54) is 13.0 Å². The van der Waals surface area contributed by atoms with E-state index in [2.05, 4.69) is 10.6 Å². The van der Waals surface area contributed by atoms with Gasteiger partial charge in [-0.05, 0) is 31.8 Å². The maximum atomic E-state index is 3.39. The van der Waals surface area contributed by atoms with Crippen molar-refractivity contribution in [2.24, 2.45) is 11.8 Å². The minimum atomic E-state index is 0.639. The lowest BCUT2D eigenvalue weighted by Gasteiger charge is -2.09. The van der Waals surface area contributed by atoms with Gasteiger partial charge in [0.15, 0.2) is 0 Å². The van der Waals surface area contributed by atoms with Gasteiger partial charge in [-0.2, -0.15) is 0 Å². The third-order valence-corrected chi connectivity index (χ3v) is 2.32. The van der Waals surface area contributed by atoms with Crippen LogP contribution in [0.1, 0.15) is 6.42 Å². The van der Waals surface area contributed by atoms with Gasteiger partial charge < -0.3 is 10.6 Å². The average molecular weight is 112 g/mol. The number of hydrogen-bond acceptors (Lipinski definition) is 2. The van der Waals surface area contributed by atoms with Crippen LogP contribution in [-0.2, 0) is 0 Å². The molecule has 2 fully saturated rings. The van der Waals surface area contributed by atoms with Gasteiger partial charge in [0, 0.05) is 0 Å². The maximum absolute atomic E-state index is 3.39. The topological polar surface area (TPSA) is 24.1 Å². The average Bonchev–Trinajstić information content (AvgIpc) is 2.46. The van der Waals surface area contributed by atoms with Gasteiger partial charge in [0.05, 0.1) is 6.17 Å². The molecule has 0 amide bonds. The molecule has 2 N–H and O–H groups in total. The van der Waals surface area contributed by atoms with Crippen molar-refractivity contribution >= 4 is 0 Å². The molecule has 0 radical (unpaired) electrons. The van der Waals surface area contributed by atoms with Crippen molar-refractivity contribution in [3.8, 4) is 0 Å². The van der Waals surface area contributed by atoms with Crippen LogP contribution in [-0.4, -0.2) is 19.8 Å². The summed E-state index contributed by atoms with van der Waals surface area (Å²) in [6.45, 7) is 1.25. The standard InChI is InChI=1S/C6H12N2/c1-7-6-5-2-4(5)3-8-6/h4-8H,2-3H2,1H3. The third kappa shape index (κ3) is 0.501. The van der Waals surface area contributed by atoms with Gasteiger partial charge in [-0.15, -0.1) is 0 Å². The molecule has 3 unspecified atom stereocenters. The van der Waals surface area contributed by atoms with Crippen LogP contribution in [0, 0.1) is 11.8 Å². The fraction of sp³-hybridized carbons (Fsp3) is 1.00. The molecule has 1 saturated carbocycles. The van der Waals surface area contributed by atoms with E-state index in [9.17, 15) is 0 Å². The number of fused-ring (bicyclic) bond motifs is 1. The first-order valence-electron chi connectivity index (χ1n) is 3.32. The number of hydrogen-bond donors (Lipinski definition) is 2. The van der Waals surface area contributed by atoms with Gasteiger partial charge in [-0.3, -0.25) is 0 Å². The summed E-state index contributed by atoms with van der Waals surface area (Å²) in [6, 6.07) is 0. The Balaban J connectivity index is 1.97. The van der Waals surface area contributed by atoms with Crippen LogP contribution in [0.4, 0.5) is 0 Å². The number of rotatable bonds is 1. The fourth-order valence-corrected chi connectivity index (χ4v) is 1.66. The summed E-state index contributed by atoms with van der Waals surface area (Å²) in [5.41, 5.74) is 0. The molecule has 1 aliphatic heterocycles. The van der Waals surface area contributed by atoms with E-state index in [4.69, 9.17) is 0 Å². The Kier molecular flexibility index (Phi) is 0.866. The molecule has 3 atom stereocenters. The normalized spacial score (nSPS) is 51.4. The summed E-state index contributed by atoms with van der Waals surface area (Å²) in [7, 11) is 2.03. The Bertz CT molecular complexity index is 103. The lowest BCUT2D eigenvalue weighted by molar-refractivity contribution is 0.471. The summed E-state index contributed by atoms with van der Waals surface area (Å²) in [4.78, 5) is 0. The quantitative estimate of drug-likeness (QED) is 0.489. The second-order valence-electron chi connectivity index (χ2n) is 2.83. The molecule has 1 aliphatic carbocycles. The third-order valence-electron chi connectivity index (χ3n) is 2.32. The highest BCUT2D eigenvalue weighted by atomic mass is 15.2. The molecule has 2 heteroatoms. The summed E-state index contributed by atoms with van der Waals surface area (Å²) < 4.78 is 0. The Labute approximate surface area is 49.7 Å². The summed E-state index contributed by atoms with van der Waals surface area (Å²) >= 11 is 0. The molecular weight excluding hydrogens is 100 g/mol. The Morgan fingerprint density at radius 2 is 2.50 bits per heavy atom. The van der Waals surface area contributed by atoms with E-state index in [-0.39, 0.29) is 0 Å². The molecule has 0 bridgehead atoms. The zero-order valence-electron chi connectivity index (χ0n) is 5.15. The van der Waals surface area contributed by atoms with Crippen LogP contribution in [0.15, 0.2) is 0 Å². The number of piperidine rings is 1. The van der Waals surface area contributed by atoms with E-state index in [0.29, 0.717) is 6.17 Å². The van der Waals surface area contributed by atoms with E-state index in [0.717, 1.165) is 11.8 Å². The minimum absolute atomic E-state index is 0.639. The SMILES string of the molecule is CNC1NCC2CC21. The lowest BCUT2D eigenvalue weighted by Crippen LogP contribution is -2.37. The predicted octanol–water partition coefficient (Wildman–Crippen LogP) is -0.229. The minimum Gasteiger partial charge on any atom is -0.305 e. The van der Waals surface area contributed by atoms with E-state index in [1.807, 2.05) is 7.05 Å². The van der Waals surface area contributed by atoms with Crippen molar-refractivity contribution in [1.82, 2.24) is 10.6 Å². The lowest BCUT2D eigenvalue weighted by atomic mass is 10.3. The molecule has 8 heavy (non-hydrogen) atoms. The Hall–Kier alpha value is -0.0800. The monoisotopic (exact) mass is 112 g/mol. The molecule has 0 aromatic carbocycles. The molecule has 46 valence electrons. The van der Waals surface area contributed by atoms with E-state index < -0.39 is 0 Å². The van der Waals surface area contributed by atoms with Crippen LogP contribution < -0.4 is 10.6 Å². The molecule has 0 aromatic rings. The van der Waals surface area contributed by atoms with Gasteiger partial charge in [0.25, 0.3) is 0 Å². The second kappa shape index (κ2) is 1.45. The molecule has 2 nitrogen and oxygen atoms in total. The van der Waals surface area contributed by atoms with Crippen molar-refractivity contribution in [1.29, 1.82) is 0 Å². The van der Waals surface area contributed by atoms with Crippen LogP contribution in [0.25, 0.3) is 0 Å².